The minimum atomic E-state index is -0.0775. The first-order chi connectivity index (χ1) is 12.6. The SMILES string of the molecule is CNc1cc(C)nc(N2CCC[C@@H](C(=O)c3ccc4c(c3)OCO4)C2)n1. The molecule has 26 heavy (non-hydrogen) atoms. The zero-order valence-corrected chi connectivity index (χ0v) is 15.0. The number of hydrogen-bond donors (Lipinski definition) is 1. The van der Waals surface area contributed by atoms with Gasteiger partial charge >= 0.3 is 0 Å². The maximum atomic E-state index is 13.0. The first-order valence-corrected chi connectivity index (χ1v) is 8.86. The number of benzene rings is 1. The van der Waals surface area contributed by atoms with Crippen LogP contribution in [0.15, 0.2) is 24.3 Å². The highest BCUT2D eigenvalue weighted by Crippen LogP contribution is 2.34. The Morgan fingerprint density at radius 3 is 2.92 bits per heavy atom. The van der Waals surface area contributed by atoms with E-state index in [9.17, 15) is 4.79 Å². The molecule has 3 heterocycles. The van der Waals surface area contributed by atoms with Crippen molar-refractivity contribution in [3.05, 3.63) is 35.5 Å². The summed E-state index contributed by atoms with van der Waals surface area (Å²) in [5.41, 5.74) is 1.57. The summed E-state index contributed by atoms with van der Waals surface area (Å²) in [5.74, 6) is 2.86. The van der Waals surface area contributed by atoms with E-state index in [0.717, 1.165) is 30.9 Å². The van der Waals surface area contributed by atoms with Gasteiger partial charge in [-0.1, -0.05) is 0 Å². The summed E-state index contributed by atoms with van der Waals surface area (Å²) >= 11 is 0. The van der Waals surface area contributed by atoms with Gasteiger partial charge in [0.25, 0.3) is 0 Å². The van der Waals surface area contributed by atoms with E-state index in [2.05, 4.69) is 20.2 Å². The molecule has 1 N–H and O–H groups in total. The quantitative estimate of drug-likeness (QED) is 0.846. The number of aromatic nitrogens is 2. The van der Waals surface area contributed by atoms with Crippen LogP contribution in [-0.2, 0) is 0 Å². The van der Waals surface area contributed by atoms with Gasteiger partial charge in [-0.05, 0) is 38.0 Å². The molecule has 0 unspecified atom stereocenters. The summed E-state index contributed by atoms with van der Waals surface area (Å²) in [6.07, 6.45) is 1.81. The van der Waals surface area contributed by atoms with Crippen molar-refractivity contribution in [1.29, 1.82) is 0 Å². The Labute approximate surface area is 152 Å². The lowest BCUT2D eigenvalue weighted by molar-refractivity contribution is 0.0906. The Morgan fingerprint density at radius 2 is 2.08 bits per heavy atom. The number of piperidine rings is 1. The number of carbonyl (C=O) groups is 1. The highest BCUT2D eigenvalue weighted by Gasteiger charge is 2.29. The molecule has 4 rings (SSSR count). The molecule has 7 nitrogen and oxygen atoms in total. The monoisotopic (exact) mass is 354 g/mol. The topological polar surface area (TPSA) is 76.6 Å². The van der Waals surface area contributed by atoms with Gasteiger partial charge in [-0.2, -0.15) is 4.98 Å². The van der Waals surface area contributed by atoms with Crippen LogP contribution in [-0.4, -0.2) is 42.7 Å². The Balaban J connectivity index is 1.53. The predicted molar refractivity (Wildman–Crippen MR) is 98.1 cm³/mol. The number of Topliss-reactive ketones (excluding diaryl/α,β-unsaturated/α-hetero) is 1. The number of anilines is 2. The van der Waals surface area contributed by atoms with Crippen molar-refractivity contribution in [2.45, 2.75) is 19.8 Å². The highest BCUT2D eigenvalue weighted by atomic mass is 16.7. The van der Waals surface area contributed by atoms with Gasteiger partial charge in [0, 0.05) is 43.4 Å². The van der Waals surface area contributed by atoms with Crippen LogP contribution in [0.2, 0.25) is 0 Å². The van der Waals surface area contributed by atoms with Crippen LogP contribution in [0.5, 0.6) is 11.5 Å². The lowest BCUT2D eigenvalue weighted by Crippen LogP contribution is -2.39. The predicted octanol–water partition coefficient (Wildman–Crippen LogP) is 2.65. The number of aryl methyl sites for hydroxylation is 1. The molecule has 0 bridgehead atoms. The molecule has 2 aliphatic heterocycles. The third kappa shape index (κ3) is 3.16. The van der Waals surface area contributed by atoms with Crippen LogP contribution in [0.1, 0.15) is 28.9 Å². The van der Waals surface area contributed by atoms with E-state index in [0.29, 0.717) is 29.6 Å². The number of ether oxygens (including phenoxy) is 2. The fraction of sp³-hybridized carbons (Fsp3) is 0.421. The van der Waals surface area contributed by atoms with Crippen molar-refractivity contribution in [1.82, 2.24) is 9.97 Å². The number of rotatable bonds is 4. The third-order valence-corrected chi connectivity index (χ3v) is 4.83. The van der Waals surface area contributed by atoms with Gasteiger partial charge in [0.15, 0.2) is 17.3 Å². The molecular weight excluding hydrogens is 332 g/mol. The number of ketones is 1. The molecule has 0 radical (unpaired) electrons. The molecule has 1 aromatic heterocycles. The number of nitrogens with one attached hydrogen (secondary N) is 1. The highest BCUT2D eigenvalue weighted by molar-refractivity contribution is 5.99. The summed E-state index contributed by atoms with van der Waals surface area (Å²) in [6.45, 7) is 3.64. The van der Waals surface area contributed by atoms with Crippen molar-refractivity contribution in [3.63, 3.8) is 0 Å². The van der Waals surface area contributed by atoms with Gasteiger partial charge in [0.2, 0.25) is 12.7 Å². The third-order valence-electron chi connectivity index (χ3n) is 4.83. The average molecular weight is 354 g/mol. The van der Waals surface area contributed by atoms with E-state index >= 15 is 0 Å². The average Bonchev–Trinajstić information content (AvgIpc) is 3.14. The van der Waals surface area contributed by atoms with Crippen LogP contribution in [0.3, 0.4) is 0 Å². The lowest BCUT2D eigenvalue weighted by atomic mass is 9.90. The summed E-state index contributed by atoms with van der Waals surface area (Å²) in [6, 6.07) is 7.31. The normalized spacial score (nSPS) is 18.7. The molecule has 136 valence electrons. The van der Waals surface area contributed by atoms with Crippen LogP contribution in [0.25, 0.3) is 0 Å². The van der Waals surface area contributed by atoms with E-state index in [1.165, 1.54) is 0 Å². The van der Waals surface area contributed by atoms with Gasteiger partial charge < -0.3 is 19.7 Å². The molecule has 1 aromatic carbocycles. The number of hydrogen-bond acceptors (Lipinski definition) is 7. The fourth-order valence-electron chi connectivity index (χ4n) is 3.48. The van der Waals surface area contributed by atoms with Crippen molar-refractivity contribution in [2.75, 3.05) is 37.1 Å². The molecule has 2 aliphatic rings. The lowest BCUT2D eigenvalue weighted by Gasteiger charge is -2.32. The Kier molecular flexibility index (Phi) is 4.36. The van der Waals surface area contributed by atoms with E-state index < -0.39 is 0 Å². The van der Waals surface area contributed by atoms with Gasteiger partial charge in [-0.15, -0.1) is 0 Å². The van der Waals surface area contributed by atoms with E-state index in [-0.39, 0.29) is 18.5 Å². The zero-order valence-electron chi connectivity index (χ0n) is 15.0. The molecule has 0 aliphatic carbocycles. The van der Waals surface area contributed by atoms with Gasteiger partial charge in [0.1, 0.15) is 5.82 Å². The van der Waals surface area contributed by atoms with Crippen molar-refractivity contribution >= 4 is 17.5 Å². The first-order valence-electron chi connectivity index (χ1n) is 8.86. The molecule has 0 spiro atoms. The molecule has 0 saturated carbocycles. The van der Waals surface area contributed by atoms with Crippen molar-refractivity contribution in [2.24, 2.45) is 5.92 Å². The fourth-order valence-corrected chi connectivity index (χ4v) is 3.48. The summed E-state index contributed by atoms with van der Waals surface area (Å²) in [4.78, 5) is 24.2. The maximum absolute atomic E-state index is 13.0. The van der Waals surface area contributed by atoms with Crippen LogP contribution < -0.4 is 19.7 Å². The zero-order chi connectivity index (χ0) is 18.1. The number of nitrogens with zero attached hydrogens (tertiary/aromatic N) is 3. The van der Waals surface area contributed by atoms with Crippen LogP contribution >= 0.6 is 0 Å². The second-order valence-electron chi connectivity index (χ2n) is 6.66. The maximum Gasteiger partial charge on any atom is 0.231 e. The molecule has 0 amide bonds. The Bertz CT molecular complexity index is 840. The van der Waals surface area contributed by atoms with Gasteiger partial charge in [-0.25, -0.2) is 4.98 Å². The second kappa shape index (κ2) is 6.82. The molecule has 2 aromatic rings. The minimum Gasteiger partial charge on any atom is -0.454 e. The molecule has 1 atom stereocenters. The minimum absolute atomic E-state index is 0.0775. The summed E-state index contributed by atoms with van der Waals surface area (Å²) in [5, 5.41) is 3.06. The van der Waals surface area contributed by atoms with Crippen molar-refractivity contribution < 1.29 is 14.3 Å². The molecular formula is C19H22N4O3. The standard InChI is InChI=1S/C19H22N4O3/c1-12-8-17(20-2)22-19(21-12)23-7-3-4-14(10-23)18(24)13-5-6-15-16(9-13)26-11-25-15/h5-6,8-9,14H,3-4,7,10-11H2,1-2H3,(H,20,21,22)/t14-/m1/s1. The van der Waals surface area contributed by atoms with Gasteiger partial charge in [0.05, 0.1) is 0 Å². The first kappa shape index (κ1) is 16.6. The Hall–Kier alpha value is -2.83. The summed E-state index contributed by atoms with van der Waals surface area (Å²) in [7, 11) is 1.84. The molecule has 1 saturated heterocycles. The van der Waals surface area contributed by atoms with E-state index in [4.69, 9.17) is 9.47 Å². The van der Waals surface area contributed by atoms with E-state index in [1.807, 2.05) is 26.1 Å². The van der Waals surface area contributed by atoms with Crippen LogP contribution in [0, 0.1) is 12.8 Å². The number of fused-ring (bicyclic) bond motifs is 1. The number of carbonyl (C=O) groups excluding carboxylic acids is 1. The van der Waals surface area contributed by atoms with E-state index in [1.54, 1.807) is 12.1 Å². The smallest absolute Gasteiger partial charge is 0.231 e. The second-order valence-corrected chi connectivity index (χ2v) is 6.66. The molecule has 7 heteroatoms. The van der Waals surface area contributed by atoms with Crippen molar-refractivity contribution in [3.8, 4) is 11.5 Å². The largest absolute Gasteiger partial charge is 0.454 e. The Morgan fingerprint density at radius 1 is 1.23 bits per heavy atom. The summed E-state index contributed by atoms with van der Waals surface area (Å²) < 4.78 is 10.7. The van der Waals surface area contributed by atoms with Crippen LogP contribution in [0.4, 0.5) is 11.8 Å². The van der Waals surface area contributed by atoms with Gasteiger partial charge in [-0.3, -0.25) is 4.79 Å². The molecule has 1 fully saturated rings.